The van der Waals surface area contributed by atoms with Crippen molar-refractivity contribution < 1.29 is 29.6 Å². The first-order chi connectivity index (χ1) is 38.0. The van der Waals surface area contributed by atoms with Crippen molar-refractivity contribution in [3.05, 3.63) is 173 Å². The fourth-order valence-electron chi connectivity index (χ4n) is 11.1. The molecular weight excluding hydrogens is 1000 g/mol. The molecule has 4 heterocycles. The van der Waals surface area contributed by atoms with E-state index in [9.17, 15) is 24.9 Å². The van der Waals surface area contributed by atoms with Gasteiger partial charge >= 0.3 is 0 Å². The van der Waals surface area contributed by atoms with Crippen molar-refractivity contribution >= 4 is 45.0 Å². The third-order valence-electron chi connectivity index (χ3n) is 15.3. The molecule has 3 saturated carbocycles. The predicted molar refractivity (Wildman–Crippen MR) is 307 cm³/mol. The fraction of sp³-hybridized carbons (Fsp3) is 0.387. The Morgan fingerprint density at radius 1 is 0.679 bits per heavy atom. The van der Waals surface area contributed by atoms with Crippen molar-refractivity contribution in [2.75, 3.05) is 14.2 Å². The molecule has 3 aliphatic rings. The molecule has 3 aliphatic carbocycles. The summed E-state index contributed by atoms with van der Waals surface area (Å²) in [5.74, 6) is 1.61. The topological polar surface area (TPSA) is 212 Å². The van der Waals surface area contributed by atoms with Gasteiger partial charge in [0, 0.05) is 54.0 Å². The quantitative estimate of drug-likeness (QED) is 0.0572. The lowest BCUT2D eigenvalue weighted by Gasteiger charge is -2.30. The van der Waals surface area contributed by atoms with Gasteiger partial charge in [0.05, 0.1) is 42.5 Å². The summed E-state index contributed by atoms with van der Waals surface area (Å²) in [7, 11) is 3.68. The lowest BCUT2D eigenvalue weighted by atomic mass is 9.83. The van der Waals surface area contributed by atoms with Crippen LogP contribution in [-0.2, 0) is 12.8 Å². The number of aliphatic hydroxyl groups excluding tert-OH is 2. The van der Waals surface area contributed by atoms with Gasteiger partial charge in [-0.05, 0) is 134 Å². The summed E-state index contributed by atoms with van der Waals surface area (Å²) in [6.07, 6.45) is 24.6. The Labute approximate surface area is 462 Å². The number of phenols is 1. The minimum atomic E-state index is -0.552. The van der Waals surface area contributed by atoms with E-state index in [4.69, 9.17) is 16.3 Å². The lowest BCUT2D eigenvalue weighted by Crippen LogP contribution is -2.45. The van der Waals surface area contributed by atoms with E-state index < -0.39 is 12.2 Å². The number of phenolic OH excluding ortho intramolecular Hbond substituents is 1. The average Bonchev–Trinajstić information content (AvgIpc) is 4.35. The zero-order valence-electron chi connectivity index (χ0n) is 45.0. The van der Waals surface area contributed by atoms with Crippen molar-refractivity contribution in [1.82, 2.24) is 45.9 Å². The maximum Gasteiger partial charge on any atom is 0.255 e. The SMILES string of the molecule is CC[C@@H]1CCCC[C@H]1NC.COc1c(C(=O)N[C@H]2CCCC[C@@H]2O)cc(Cc2ccc(Cl)nc2)c2ccccc12.O=C(N[C@H]1CCCC[C@@H]1O)c1cc(Cc2ccc(-n3cccn3)nc2)c2ccccc2c1O.c1cn[nH]c1. The molecule has 3 fully saturated rings. The molecule has 78 heavy (non-hydrogen) atoms. The van der Waals surface area contributed by atoms with E-state index in [2.05, 4.69) is 55.2 Å². The molecule has 410 valence electrons. The number of nitrogens with zero attached hydrogens (tertiary/aromatic N) is 5. The van der Waals surface area contributed by atoms with E-state index in [1.165, 1.54) is 32.1 Å². The minimum absolute atomic E-state index is 0.0377. The van der Waals surface area contributed by atoms with E-state index >= 15 is 0 Å². The predicted octanol–water partition coefficient (Wildman–Crippen LogP) is 10.9. The summed E-state index contributed by atoms with van der Waals surface area (Å²) in [6.45, 7) is 2.31. The number of pyridine rings is 2. The molecule has 16 heteroatoms. The van der Waals surface area contributed by atoms with Crippen molar-refractivity contribution in [2.45, 2.75) is 134 Å². The number of methoxy groups -OCH3 is 1. The zero-order chi connectivity index (χ0) is 54.8. The number of aromatic amines is 1. The molecule has 0 unspecified atom stereocenters. The molecule has 7 N–H and O–H groups in total. The average molecular weight is 1080 g/mol. The van der Waals surface area contributed by atoms with Gasteiger partial charge in [0.25, 0.3) is 11.8 Å². The van der Waals surface area contributed by atoms with Gasteiger partial charge in [-0.15, -0.1) is 0 Å². The number of carbonyl (C=O) groups excluding carboxylic acids is 2. The standard InChI is InChI=1S/C26H26N4O3.C24H25ClN2O3.C9H19N.C3H4N2/c31-23-9-4-3-8-22(23)29-26(33)21-15-18(19-6-1-2-7-20(19)25(21)32)14-17-10-11-24(27-16-17)30-13-5-12-28-30;1-30-23-18-7-3-2-6-17(18)16(12-15-10-11-22(25)26-14-15)13-19(23)24(29)27-20-8-4-5-9-21(20)28;1-3-8-6-4-5-7-9(8)10-2;1-2-4-5-3-1/h1-2,5-7,10-13,15-16,22-23,31-32H,3-4,8-9,14H2,(H,29,33);2-3,6-7,10-11,13-14,20-21,28H,4-5,8-9,12H2,1H3,(H,27,29);8-10H,3-7H2,1-2H3;1-3H,(H,4,5)/t22-,23-;20-,21-;8-,9-;/m001./s1. The zero-order valence-corrected chi connectivity index (χ0v) is 45.7. The molecule has 4 aromatic carbocycles. The Morgan fingerprint density at radius 2 is 1.24 bits per heavy atom. The number of amides is 2. The molecule has 6 atom stereocenters. The molecule has 15 nitrogen and oxygen atoms in total. The number of H-pyrrole nitrogens is 1. The van der Waals surface area contributed by atoms with Crippen molar-refractivity contribution in [1.29, 1.82) is 0 Å². The minimum Gasteiger partial charge on any atom is -0.506 e. The summed E-state index contributed by atoms with van der Waals surface area (Å²) in [6, 6.07) is 30.6. The number of aromatic nitrogens is 6. The number of rotatable bonds is 12. The highest BCUT2D eigenvalue weighted by Crippen LogP contribution is 2.36. The number of hydrogen-bond acceptors (Lipinski definition) is 11. The number of aliphatic hydroxyl groups is 2. The highest BCUT2D eigenvalue weighted by molar-refractivity contribution is 6.29. The van der Waals surface area contributed by atoms with Gasteiger partial charge < -0.3 is 36.0 Å². The van der Waals surface area contributed by atoms with E-state index in [1.54, 1.807) is 54.9 Å². The number of aromatic hydroxyl groups is 1. The number of carbonyl (C=O) groups is 2. The molecular formula is C62H74ClN9O6. The van der Waals surface area contributed by atoms with Crippen LogP contribution in [0.4, 0.5) is 0 Å². The van der Waals surface area contributed by atoms with Gasteiger partial charge in [-0.2, -0.15) is 10.2 Å². The second-order valence-electron chi connectivity index (χ2n) is 20.4. The maximum absolute atomic E-state index is 13.2. The third-order valence-corrected chi connectivity index (χ3v) is 15.5. The molecule has 0 aliphatic heterocycles. The van der Waals surface area contributed by atoms with E-state index in [0.29, 0.717) is 47.5 Å². The largest absolute Gasteiger partial charge is 0.506 e. The van der Waals surface area contributed by atoms with Crippen LogP contribution >= 0.6 is 11.6 Å². The van der Waals surface area contributed by atoms with Crippen LogP contribution in [0, 0.1) is 5.92 Å². The van der Waals surface area contributed by atoms with Crippen LogP contribution in [0.2, 0.25) is 5.15 Å². The molecule has 2 amide bonds. The highest BCUT2D eigenvalue weighted by atomic mass is 35.5. The van der Waals surface area contributed by atoms with Crippen LogP contribution in [0.1, 0.15) is 133 Å². The van der Waals surface area contributed by atoms with Gasteiger partial charge in [0.1, 0.15) is 16.7 Å². The van der Waals surface area contributed by atoms with E-state index in [1.807, 2.05) is 91.1 Å². The van der Waals surface area contributed by atoms with Crippen LogP contribution < -0.4 is 20.7 Å². The Kier molecular flexibility index (Phi) is 20.8. The van der Waals surface area contributed by atoms with E-state index in [0.717, 1.165) is 94.7 Å². The Bertz CT molecular complexity index is 3110. The number of hydrogen-bond donors (Lipinski definition) is 7. The summed E-state index contributed by atoms with van der Waals surface area (Å²) in [4.78, 5) is 35.0. The number of halogens is 1. The fourth-order valence-corrected chi connectivity index (χ4v) is 11.2. The van der Waals surface area contributed by atoms with Gasteiger partial charge in [0.15, 0.2) is 5.82 Å². The second-order valence-corrected chi connectivity index (χ2v) is 20.8. The second kappa shape index (κ2) is 28.5. The van der Waals surface area contributed by atoms with Crippen LogP contribution in [0.15, 0.2) is 134 Å². The molecule has 0 saturated heterocycles. The lowest BCUT2D eigenvalue weighted by molar-refractivity contribution is 0.0713. The normalized spacial score (nSPS) is 19.9. The van der Waals surface area contributed by atoms with Crippen molar-refractivity contribution in [3.63, 3.8) is 0 Å². The Hall–Kier alpha value is -7.17. The van der Waals surface area contributed by atoms with E-state index in [-0.39, 0.29) is 35.2 Å². The number of ether oxygens (including phenoxy) is 1. The van der Waals surface area contributed by atoms with Crippen LogP contribution in [0.5, 0.6) is 11.5 Å². The monoisotopic (exact) mass is 1080 g/mol. The van der Waals surface area contributed by atoms with Gasteiger partial charge in [-0.25, -0.2) is 14.6 Å². The van der Waals surface area contributed by atoms with Crippen LogP contribution in [0.3, 0.4) is 0 Å². The molecule has 8 aromatic rings. The first-order valence-electron chi connectivity index (χ1n) is 27.5. The first kappa shape index (κ1) is 57.0. The molecule has 0 radical (unpaired) electrons. The molecule has 4 aromatic heterocycles. The highest BCUT2D eigenvalue weighted by Gasteiger charge is 2.29. The Morgan fingerprint density at radius 3 is 1.74 bits per heavy atom. The summed E-state index contributed by atoms with van der Waals surface area (Å²) < 4.78 is 7.36. The summed E-state index contributed by atoms with van der Waals surface area (Å²) in [5.41, 5.74) is 4.62. The molecule has 0 spiro atoms. The van der Waals surface area contributed by atoms with Crippen molar-refractivity contribution in [2.24, 2.45) is 5.92 Å². The number of fused-ring (bicyclic) bond motifs is 2. The summed E-state index contributed by atoms with van der Waals surface area (Å²) >= 11 is 5.92. The van der Waals surface area contributed by atoms with Gasteiger partial charge in [0.2, 0.25) is 0 Å². The molecule has 11 rings (SSSR count). The van der Waals surface area contributed by atoms with Crippen molar-refractivity contribution in [3.8, 4) is 17.3 Å². The van der Waals surface area contributed by atoms with Crippen LogP contribution in [-0.4, -0.2) is 102 Å². The van der Waals surface area contributed by atoms with Gasteiger partial charge in [-0.1, -0.05) is 124 Å². The number of benzene rings is 4. The van der Waals surface area contributed by atoms with Gasteiger partial charge in [-0.3, -0.25) is 14.7 Å². The Balaban J connectivity index is 0.000000163. The third kappa shape index (κ3) is 14.9. The molecule has 0 bridgehead atoms. The first-order valence-corrected chi connectivity index (χ1v) is 27.9. The maximum atomic E-state index is 13.2. The smallest absolute Gasteiger partial charge is 0.255 e. The van der Waals surface area contributed by atoms with Crippen LogP contribution in [0.25, 0.3) is 27.4 Å². The summed E-state index contributed by atoms with van der Waals surface area (Å²) in [5, 5.41) is 55.1. The number of nitrogens with one attached hydrogen (secondary N) is 4.